The Hall–Kier alpha value is -2.14. The van der Waals surface area contributed by atoms with Crippen LogP contribution in [-0.2, 0) is 10.0 Å². The molecule has 3 rings (SSSR count). The van der Waals surface area contributed by atoms with E-state index in [2.05, 4.69) is 20.2 Å². The Bertz CT molecular complexity index is 1120. The summed E-state index contributed by atoms with van der Waals surface area (Å²) in [6.45, 7) is 4.06. The van der Waals surface area contributed by atoms with Gasteiger partial charge in [-0.2, -0.15) is 0 Å². The number of anilines is 2. The van der Waals surface area contributed by atoms with Crippen LogP contribution in [0.1, 0.15) is 24.2 Å². The third kappa shape index (κ3) is 5.69. The predicted molar refractivity (Wildman–Crippen MR) is 118 cm³/mol. The van der Waals surface area contributed by atoms with Crippen LogP contribution >= 0.6 is 34.7 Å². The van der Waals surface area contributed by atoms with Crippen molar-refractivity contribution in [3.63, 3.8) is 0 Å². The number of rotatable bonds is 7. The Morgan fingerprint density at radius 3 is 2.55 bits per heavy atom. The number of hydrogen-bond acceptors (Lipinski definition) is 7. The molecule has 1 aromatic heterocycles. The summed E-state index contributed by atoms with van der Waals surface area (Å²) in [5, 5.41) is 11.3. The van der Waals surface area contributed by atoms with Crippen molar-refractivity contribution in [1.82, 2.24) is 10.2 Å². The molecule has 0 bridgehead atoms. The van der Waals surface area contributed by atoms with Gasteiger partial charge in [0.15, 0.2) is 4.34 Å². The summed E-state index contributed by atoms with van der Waals surface area (Å²) >= 11 is 8.88. The van der Waals surface area contributed by atoms with Crippen molar-refractivity contribution in [2.75, 3.05) is 10.0 Å². The van der Waals surface area contributed by atoms with Crippen molar-refractivity contribution in [3.05, 3.63) is 59.1 Å². The van der Waals surface area contributed by atoms with Gasteiger partial charge in [-0.3, -0.25) is 14.8 Å². The standard InChI is InChI=1S/C18H17ClN4O3S3/c1-11(2)27-18-22-21-17(28-18)20-16(24)12-8-9-14(19)15(10-12)29(25,26)23-13-6-4-3-5-7-13/h3-11,23H,1-2H3,(H,20,21,24). The van der Waals surface area contributed by atoms with Crippen LogP contribution in [0.2, 0.25) is 5.02 Å². The SMILES string of the molecule is CC(C)Sc1nnc(NC(=O)c2ccc(Cl)c(S(=O)(=O)Nc3ccccc3)c2)s1. The number of carbonyl (C=O) groups is 1. The normalized spacial score (nSPS) is 11.4. The monoisotopic (exact) mass is 468 g/mol. The summed E-state index contributed by atoms with van der Waals surface area (Å²) in [7, 11) is -3.97. The summed E-state index contributed by atoms with van der Waals surface area (Å²) in [4.78, 5) is 12.4. The minimum atomic E-state index is -3.97. The van der Waals surface area contributed by atoms with Crippen LogP contribution in [0.25, 0.3) is 0 Å². The fourth-order valence-corrected chi connectivity index (χ4v) is 5.80. The van der Waals surface area contributed by atoms with Crippen molar-refractivity contribution >= 4 is 61.4 Å². The van der Waals surface area contributed by atoms with Crippen molar-refractivity contribution in [1.29, 1.82) is 0 Å². The number of para-hydroxylation sites is 1. The lowest BCUT2D eigenvalue weighted by Gasteiger charge is -2.11. The first-order valence-electron chi connectivity index (χ1n) is 8.43. The van der Waals surface area contributed by atoms with E-state index in [4.69, 9.17) is 11.6 Å². The molecular weight excluding hydrogens is 452 g/mol. The third-order valence-electron chi connectivity index (χ3n) is 3.47. The lowest BCUT2D eigenvalue weighted by molar-refractivity contribution is 0.102. The van der Waals surface area contributed by atoms with Gasteiger partial charge in [0, 0.05) is 16.5 Å². The largest absolute Gasteiger partial charge is 0.296 e. The summed E-state index contributed by atoms with van der Waals surface area (Å²) < 4.78 is 28.6. The van der Waals surface area contributed by atoms with Gasteiger partial charge in [-0.25, -0.2) is 8.42 Å². The highest BCUT2D eigenvalue weighted by Gasteiger charge is 2.21. The molecule has 0 saturated heterocycles. The van der Waals surface area contributed by atoms with E-state index in [0.29, 0.717) is 16.1 Å². The molecule has 0 aliphatic carbocycles. The Labute approximate surface area is 182 Å². The molecule has 152 valence electrons. The smallest absolute Gasteiger partial charge is 0.263 e. The molecule has 11 heteroatoms. The second-order valence-electron chi connectivity index (χ2n) is 6.11. The summed E-state index contributed by atoms with van der Waals surface area (Å²) in [5.74, 6) is -0.505. The Morgan fingerprint density at radius 1 is 1.14 bits per heavy atom. The molecule has 0 fully saturated rings. The van der Waals surface area contributed by atoms with Gasteiger partial charge in [-0.1, -0.05) is 66.7 Å². The minimum absolute atomic E-state index is 0.0107. The Morgan fingerprint density at radius 2 is 1.86 bits per heavy atom. The molecule has 2 N–H and O–H groups in total. The minimum Gasteiger partial charge on any atom is -0.296 e. The molecule has 0 aliphatic heterocycles. The van der Waals surface area contributed by atoms with E-state index in [-0.39, 0.29) is 15.5 Å². The quantitative estimate of drug-likeness (QED) is 0.383. The highest BCUT2D eigenvalue weighted by atomic mass is 35.5. The van der Waals surface area contributed by atoms with E-state index < -0.39 is 15.9 Å². The number of hydrogen-bond donors (Lipinski definition) is 2. The molecule has 0 spiro atoms. The molecule has 1 amide bonds. The predicted octanol–water partition coefficient (Wildman–Crippen LogP) is 4.75. The zero-order valence-electron chi connectivity index (χ0n) is 15.4. The van der Waals surface area contributed by atoms with E-state index in [0.717, 1.165) is 4.34 Å². The van der Waals surface area contributed by atoms with Gasteiger partial charge in [0.2, 0.25) is 5.13 Å². The fraction of sp³-hybridized carbons (Fsp3) is 0.167. The van der Waals surface area contributed by atoms with E-state index in [9.17, 15) is 13.2 Å². The molecule has 0 unspecified atom stereocenters. The number of benzene rings is 2. The van der Waals surface area contributed by atoms with Gasteiger partial charge >= 0.3 is 0 Å². The van der Waals surface area contributed by atoms with Gasteiger partial charge in [0.25, 0.3) is 15.9 Å². The zero-order valence-corrected chi connectivity index (χ0v) is 18.6. The molecule has 0 radical (unpaired) electrons. The summed E-state index contributed by atoms with van der Waals surface area (Å²) in [6.07, 6.45) is 0. The van der Waals surface area contributed by atoms with Crippen LogP contribution < -0.4 is 10.0 Å². The number of amides is 1. The van der Waals surface area contributed by atoms with E-state index in [1.807, 2.05) is 13.8 Å². The van der Waals surface area contributed by atoms with Crippen molar-refractivity contribution in [3.8, 4) is 0 Å². The molecule has 2 aromatic carbocycles. The molecule has 3 aromatic rings. The number of carbonyl (C=O) groups excluding carboxylic acids is 1. The number of sulfonamides is 1. The lowest BCUT2D eigenvalue weighted by atomic mass is 10.2. The van der Waals surface area contributed by atoms with Gasteiger partial charge < -0.3 is 0 Å². The molecular formula is C18H17ClN4O3S3. The average molecular weight is 469 g/mol. The van der Waals surface area contributed by atoms with Gasteiger partial charge in [-0.15, -0.1) is 10.2 Å². The van der Waals surface area contributed by atoms with Crippen molar-refractivity contribution in [2.24, 2.45) is 0 Å². The first-order valence-corrected chi connectivity index (χ1v) is 12.0. The fourth-order valence-electron chi connectivity index (χ4n) is 2.25. The molecule has 0 aliphatic rings. The van der Waals surface area contributed by atoms with Gasteiger partial charge in [0.05, 0.1) is 5.02 Å². The number of aromatic nitrogens is 2. The average Bonchev–Trinajstić information content (AvgIpc) is 3.08. The highest BCUT2D eigenvalue weighted by molar-refractivity contribution is 8.01. The van der Waals surface area contributed by atoms with Crippen LogP contribution in [0.15, 0.2) is 57.8 Å². The molecule has 0 saturated carbocycles. The molecule has 29 heavy (non-hydrogen) atoms. The number of thioether (sulfide) groups is 1. The van der Waals surface area contributed by atoms with Gasteiger partial charge in [-0.05, 0) is 30.3 Å². The summed E-state index contributed by atoms with van der Waals surface area (Å²) in [6, 6.07) is 12.5. The first-order chi connectivity index (χ1) is 13.7. The second kappa shape index (κ2) is 9.12. The molecule has 0 atom stereocenters. The van der Waals surface area contributed by atoms with E-state index >= 15 is 0 Å². The first kappa shape index (κ1) is 21.6. The van der Waals surface area contributed by atoms with Crippen LogP contribution in [0, 0.1) is 0 Å². The van der Waals surface area contributed by atoms with Crippen LogP contribution in [0.5, 0.6) is 0 Å². The maximum absolute atomic E-state index is 12.7. The number of nitrogens with one attached hydrogen (secondary N) is 2. The van der Waals surface area contributed by atoms with Crippen LogP contribution in [0.3, 0.4) is 0 Å². The maximum Gasteiger partial charge on any atom is 0.263 e. The lowest BCUT2D eigenvalue weighted by Crippen LogP contribution is -2.16. The molecule has 7 nitrogen and oxygen atoms in total. The van der Waals surface area contributed by atoms with Crippen molar-refractivity contribution < 1.29 is 13.2 Å². The second-order valence-corrected chi connectivity index (χ2v) is 11.0. The van der Waals surface area contributed by atoms with Gasteiger partial charge in [0.1, 0.15) is 4.90 Å². The highest BCUT2D eigenvalue weighted by Crippen LogP contribution is 2.29. The van der Waals surface area contributed by atoms with Crippen LogP contribution in [-0.4, -0.2) is 29.8 Å². The van der Waals surface area contributed by atoms with Crippen molar-refractivity contribution in [2.45, 2.75) is 28.3 Å². The topological polar surface area (TPSA) is 101 Å². The Kier molecular flexibility index (Phi) is 6.78. The zero-order chi connectivity index (χ0) is 21.0. The number of nitrogens with zero attached hydrogens (tertiary/aromatic N) is 2. The van der Waals surface area contributed by atoms with E-state index in [1.54, 1.807) is 30.3 Å². The maximum atomic E-state index is 12.7. The number of halogens is 1. The Balaban J connectivity index is 1.81. The summed E-state index contributed by atoms with van der Waals surface area (Å²) in [5.41, 5.74) is 0.526. The van der Waals surface area contributed by atoms with Crippen LogP contribution in [0.4, 0.5) is 10.8 Å². The molecule has 1 heterocycles. The third-order valence-corrected chi connectivity index (χ3v) is 7.26. The van der Waals surface area contributed by atoms with E-state index in [1.165, 1.54) is 41.3 Å².